The van der Waals surface area contributed by atoms with Gasteiger partial charge in [0.1, 0.15) is 0 Å². The molecule has 0 saturated heterocycles. The predicted molar refractivity (Wildman–Crippen MR) is 128 cm³/mol. The van der Waals surface area contributed by atoms with Crippen molar-refractivity contribution in [3.63, 3.8) is 0 Å². The number of fused-ring (bicyclic) bond motifs is 3. The molecular formula is C29H28N2. The van der Waals surface area contributed by atoms with Gasteiger partial charge >= 0.3 is 0 Å². The molecule has 31 heavy (non-hydrogen) atoms. The van der Waals surface area contributed by atoms with Gasteiger partial charge in [-0.3, -0.25) is 9.97 Å². The molecule has 0 bridgehead atoms. The molecule has 2 nitrogen and oxygen atoms in total. The maximum Gasteiger partial charge on any atom is 0.0742 e. The third kappa shape index (κ3) is 3.18. The fourth-order valence-corrected chi connectivity index (χ4v) is 4.85. The Morgan fingerprint density at radius 2 is 1.42 bits per heavy atom. The van der Waals surface area contributed by atoms with Crippen molar-refractivity contribution in [3.05, 3.63) is 107 Å². The first-order chi connectivity index (χ1) is 14.9. The summed E-state index contributed by atoms with van der Waals surface area (Å²) in [6, 6.07) is 26.0. The minimum absolute atomic E-state index is 0.0160. The van der Waals surface area contributed by atoms with Crippen molar-refractivity contribution in [1.82, 2.24) is 9.97 Å². The van der Waals surface area contributed by atoms with E-state index >= 15 is 0 Å². The normalized spacial score (nSPS) is 15.7. The van der Waals surface area contributed by atoms with Crippen LogP contribution in [0.2, 0.25) is 0 Å². The van der Waals surface area contributed by atoms with E-state index in [0.717, 1.165) is 23.4 Å². The van der Waals surface area contributed by atoms with Crippen LogP contribution < -0.4 is 0 Å². The first-order valence-electron chi connectivity index (χ1n) is 11.0. The average molecular weight is 405 g/mol. The molecule has 154 valence electrons. The largest absolute Gasteiger partial charge is 0.256 e. The third-order valence-corrected chi connectivity index (χ3v) is 7.35. The van der Waals surface area contributed by atoms with Crippen LogP contribution in [0.4, 0.5) is 0 Å². The van der Waals surface area contributed by atoms with Crippen molar-refractivity contribution >= 4 is 0 Å². The minimum Gasteiger partial charge on any atom is -0.256 e. The first kappa shape index (κ1) is 19.7. The monoisotopic (exact) mass is 404 g/mol. The van der Waals surface area contributed by atoms with E-state index in [1.807, 2.05) is 24.5 Å². The topological polar surface area (TPSA) is 25.8 Å². The van der Waals surface area contributed by atoms with Gasteiger partial charge in [0.2, 0.25) is 0 Å². The summed E-state index contributed by atoms with van der Waals surface area (Å²) >= 11 is 0. The fraction of sp³-hybridized carbons (Fsp3) is 0.241. The number of hydrogen-bond acceptors (Lipinski definition) is 2. The molecule has 1 aliphatic rings. The van der Waals surface area contributed by atoms with E-state index in [9.17, 15) is 0 Å². The highest BCUT2D eigenvalue weighted by molar-refractivity contribution is 5.75. The van der Waals surface area contributed by atoms with E-state index in [0.29, 0.717) is 0 Å². The smallest absolute Gasteiger partial charge is 0.0742 e. The molecule has 4 aromatic rings. The maximum absolute atomic E-state index is 4.82. The second-order valence-electron chi connectivity index (χ2n) is 9.62. The Labute approximate surface area is 185 Å². The van der Waals surface area contributed by atoms with Gasteiger partial charge in [-0.1, -0.05) is 70.2 Å². The van der Waals surface area contributed by atoms with Crippen LogP contribution >= 0.6 is 0 Å². The highest BCUT2D eigenvalue weighted by atomic mass is 14.7. The SMILES string of the molecule is CC1(C)c2ccc(Cc3cccc(-c4ccccn4)c3)cc2-c2ncccc2C1(C)C. The Hall–Kier alpha value is -3.26. The number of pyridine rings is 2. The molecule has 2 heterocycles. The van der Waals surface area contributed by atoms with Gasteiger partial charge in [-0.15, -0.1) is 0 Å². The van der Waals surface area contributed by atoms with Gasteiger partial charge in [0.05, 0.1) is 11.4 Å². The molecule has 2 heteroatoms. The summed E-state index contributed by atoms with van der Waals surface area (Å²) < 4.78 is 0. The average Bonchev–Trinajstić information content (AvgIpc) is 2.79. The third-order valence-electron chi connectivity index (χ3n) is 7.35. The Kier molecular flexibility index (Phi) is 4.55. The van der Waals surface area contributed by atoms with Gasteiger partial charge < -0.3 is 0 Å². The summed E-state index contributed by atoms with van der Waals surface area (Å²) in [5.41, 5.74) is 9.94. The minimum atomic E-state index is 0.0160. The van der Waals surface area contributed by atoms with E-state index in [4.69, 9.17) is 4.98 Å². The zero-order valence-corrected chi connectivity index (χ0v) is 18.7. The Balaban J connectivity index is 1.55. The molecule has 1 aliphatic carbocycles. The van der Waals surface area contributed by atoms with Gasteiger partial charge in [-0.25, -0.2) is 0 Å². The van der Waals surface area contributed by atoms with Crippen LogP contribution in [0.1, 0.15) is 49.9 Å². The van der Waals surface area contributed by atoms with Crippen LogP contribution in [-0.2, 0) is 17.3 Å². The summed E-state index contributed by atoms with van der Waals surface area (Å²) in [5.74, 6) is 0. The van der Waals surface area contributed by atoms with Crippen LogP contribution in [0, 0.1) is 0 Å². The van der Waals surface area contributed by atoms with E-state index in [1.165, 1.54) is 27.8 Å². The Bertz CT molecular complexity index is 1250. The number of benzene rings is 2. The molecule has 0 saturated carbocycles. The number of hydrogen-bond donors (Lipinski definition) is 0. The summed E-state index contributed by atoms with van der Waals surface area (Å²) in [7, 11) is 0. The lowest BCUT2D eigenvalue weighted by Crippen LogP contribution is -2.43. The quantitative estimate of drug-likeness (QED) is 0.368. The highest BCUT2D eigenvalue weighted by Crippen LogP contribution is 2.53. The van der Waals surface area contributed by atoms with Gasteiger partial charge in [0.25, 0.3) is 0 Å². The maximum atomic E-state index is 4.82. The lowest BCUT2D eigenvalue weighted by molar-refractivity contribution is 0.298. The molecule has 0 unspecified atom stereocenters. The molecular weight excluding hydrogens is 376 g/mol. The fourth-order valence-electron chi connectivity index (χ4n) is 4.85. The molecule has 0 amide bonds. The number of aromatic nitrogens is 2. The van der Waals surface area contributed by atoms with E-state index in [2.05, 4.69) is 93.3 Å². The van der Waals surface area contributed by atoms with Crippen molar-refractivity contribution in [2.24, 2.45) is 0 Å². The second kappa shape index (κ2) is 7.16. The van der Waals surface area contributed by atoms with Crippen molar-refractivity contribution in [3.8, 4) is 22.5 Å². The van der Waals surface area contributed by atoms with E-state index in [-0.39, 0.29) is 10.8 Å². The Morgan fingerprint density at radius 3 is 2.23 bits per heavy atom. The van der Waals surface area contributed by atoms with Crippen molar-refractivity contribution < 1.29 is 0 Å². The summed E-state index contributed by atoms with van der Waals surface area (Å²) in [6.45, 7) is 9.40. The van der Waals surface area contributed by atoms with Crippen LogP contribution in [-0.4, -0.2) is 9.97 Å². The Morgan fingerprint density at radius 1 is 0.645 bits per heavy atom. The lowest BCUT2D eigenvalue weighted by atomic mass is 9.56. The summed E-state index contributed by atoms with van der Waals surface area (Å²) in [4.78, 5) is 9.32. The van der Waals surface area contributed by atoms with E-state index < -0.39 is 0 Å². The molecule has 2 aromatic carbocycles. The van der Waals surface area contributed by atoms with E-state index in [1.54, 1.807) is 0 Å². The number of rotatable bonds is 3. The second-order valence-corrected chi connectivity index (χ2v) is 9.62. The molecule has 5 rings (SSSR count). The van der Waals surface area contributed by atoms with Gasteiger partial charge in [-0.2, -0.15) is 0 Å². The van der Waals surface area contributed by atoms with Gasteiger partial charge in [-0.05, 0) is 64.4 Å². The van der Waals surface area contributed by atoms with Crippen molar-refractivity contribution in [2.45, 2.75) is 44.9 Å². The molecule has 0 fully saturated rings. The van der Waals surface area contributed by atoms with Crippen LogP contribution in [0.15, 0.2) is 85.2 Å². The number of nitrogens with zero attached hydrogens (tertiary/aromatic N) is 2. The molecule has 2 aromatic heterocycles. The highest BCUT2D eigenvalue weighted by Gasteiger charge is 2.46. The standard InChI is InChI=1S/C29H28N2/c1-28(2)24-14-13-21(19-23(24)27-25(29(28,3)4)11-8-16-31-27)17-20-9-7-10-22(18-20)26-12-5-6-15-30-26/h5-16,18-19H,17H2,1-4H3. The first-order valence-corrected chi connectivity index (χ1v) is 11.0. The molecule has 0 radical (unpaired) electrons. The summed E-state index contributed by atoms with van der Waals surface area (Å²) in [6.07, 6.45) is 4.65. The zero-order chi connectivity index (χ0) is 21.6. The van der Waals surface area contributed by atoms with Crippen LogP contribution in [0.5, 0.6) is 0 Å². The zero-order valence-electron chi connectivity index (χ0n) is 18.7. The van der Waals surface area contributed by atoms with Crippen molar-refractivity contribution in [2.75, 3.05) is 0 Å². The van der Waals surface area contributed by atoms with Gasteiger partial charge in [0.15, 0.2) is 0 Å². The molecule has 0 N–H and O–H groups in total. The molecule has 0 aliphatic heterocycles. The predicted octanol–water partition coefficient (Wildman–Crippen LogP) is 6.97. The van der Waals surface area contributed by atoms with Crippen LogP contribution in [0.25, 0.3) is 22.5 Å². The lowest BCUT2D eigenvalue weighted by Gasteiger charge is -2.47. The summed E-state index contributed by atoms with van der Waals surface area (Å²) in [5, 5.41) is 0. The molecule has 0 atom stereocenters. The van der Waals surface area contributed by atoms with Crippen LogP contribution in [0.3, 0.4) is 0 Å². The van der Waals surface area contributed by atoms with Crippen molar-refractivity contribution in [1.29, 1.82) is 0 Å². The van der Waals surface area contributed by atoms with Gasteiger partial charge in [0, 0.05) is 28.9 Å². The molecule has 0 spiro atoms.